The SMILES string of the molecule is CN(C)C(=O)c1ccc(N)cc1NCC1CCCC(O)C1. The van der Waals surface area contributed by atoms with Gasteiger partial charge in [0.2, 0.25) is 0 Å². The molecule has 1 fully saturated rings. The maximum Gasteiger partial charge on any atom is 0.255 e. The summed E-state index contributed by atoms with van der Waals surface area (Å²) in [5.74, 6) is 0.402. The largest absolute Gasteiger partial charge is 0.399 e. The third-order valence-corrected chi connectivity index (χ3v) is 4.02. The van der Waals surface area contributed by atoms with E-state index in [1.54, 1.807) is 37.2 Å². The highest BCUT2D eigenvalue weighted by atomic mass is 16.3. The molecule has 21 heavy (non-hydrogen) atoms. The molecule has 5 nitrogen and oxygen atoms in total. The summed E-state index contributed by atoms with van der Waals surface area (Å²) < 4.78 is 0. The number of benzene rings is 1. The van der Waals surface area contributed by atoms with Crippen LogP contribution in [0.2, 0.25) is 0 Å². The summed E-state index contributed by atoms with van der Waals surface area (Å²) in [5, 5.41) is 13.1. The van der Waals surface area contributed by atoms with Gasteiger partial charge in [-0.15, -0.1) is 0 Å². The van der Waals surface area contributed by atoms with E-state index in [2.05, 4.69) is 5.32 Å². The molecule has 0 spiro atoms. The van der Waals surface area contributed by atoms with Gasteiger partial charge in [-0.1, -0.05) is 6.42 Å². The molecule has 116 valence electrons. The third-order valence-electron chi connectivity index (χ3n) is 4.02. The van der Waals surface area contributed by atoms with Crippen molar-refractivity contribution in [3.05, 3.63) is 23.8 Å². The molecule has 0 bridgehead atoms. The Morgan fingerprint density at radius 3 is 2.86 bits per heavy atom. The number of anilines is 2. The van der Waals surface area contributed by atoms with Gasteiger partial charge in [-0.2, -0.15) is 0 Å². The summed E-state index contributed by atoms with van der Waals surface area (Å²) in [7, 11) is 3.47. The minimum absolute atomic E-state index is 0.0406. The quantitative estimate of drug-likeness (QED) is 0.741. The van der Waals surface area contributed by atoms with Crippen LogP contribution in [-0.2, 0) is 0 Å². The van der Waals surface area contributed by atoms with E-state index in [1.165, 1.54) is 0 Å². The van der Waals surface area contributed by atoms with Crippen LogP contribution >= 0.6 is 0 Å². The summed E-state index contributed by atoms with van der Waals surface area (Å²) in [6.45, 7) is 0.758. The monoisotopic (exact) mass is 291 g/mol. The highest BCUT2D eigenvalue weighted by Gasteiger charge is 2.21. The summed E-state index contributed by atoms with van der Waals surface area (Å²) in [6, 6.07) is 5.30. The Hall–Kier alpha value is -1.75. The lowest BCUT2D eigenvalue weighted by atomic mass is 9.87. The van der Waals surface area contributed by atoms with E-state index in [0.29, 0.717) is 17.2 Å². The molecule has 1 saturated carbocycles. The van der Waals surface area contributed by atoms with Gasteiger partial charge in [-0.25, -0.2) is 0 Å². The van der Waals surface area contributed by atoms with Gasteiger partial charge in [0, 0.05) is 32.0 Å². The van der Waals surface area contributed by atoms with Crippen molar-refractivity contribution in [2.75, 3.05) is 31.7 Å². The Kier molecular flexibility index (Phi) is 5.07. The fourth-order valence-electron chi connectivity index (χ4n) is 2.84. The Labute approximate surface area is 126 Å². The number of nitrogens with two attached hydrogens (primary N) is 1. The van der Waals surface area contributed by atoms with Crippen molar-refractivity contribution in [2.45, 2.75) is 31.8 Å². The van der Waals surface area contributed by atoms with Crippen molar-refractivity contribution in [1.82, 2.24) is 4.90 Å². The van der Waals surface area contributed by atoms with Crippen molar-refractivity contribution in [1.29, 1.82) is 0 Å². The number of rotatable bonds is 4. The number of hydrogen-bond acceptors (Lipinski definition) is 4. The number of nitrogens with one attached hydrogen (secondary N) is 1. The summed E-state index contributed by atoms with van der Waals surface area (Å²) in [6.07, 6.45) is 3.72. The van der Waals surface area contributed by atoms with Crippen LogP contribution in [0.15, 0.2) is 18.2 Å². The standard InChI is InChI=1S/C16H25N3O2/c1-19(2)16(21)14-7-6-12(17)9-15(14)18-10-11-4-3-5-13(20)8-11/h6-7,9,11,13,18,20H,3-5,8,10,17H2,1-2H3. The molecule has 2 unspecified atom stereocenters. The van der Waals surface area contributed by atoms with E-state index < -0.39 is 0 Å². The lowest BCUT2D eigenvalue weighted by Crippen LogP contribution is -2.27. The number of aliphatic hydroxyl groups is 1. The number of carbonyl (C=O) groups is 1. The molecule has 0 aromatic heterocycles. The Balaban J connectivity index is 2.07. The normalized spacial score (nSPS) is 21.9. The first-order valence-corrected chi connectivity index (χ1v) is 7.50. The van der Waals surface area contributed by atoms with Gasteiger partial charge >= 0.3 is 0 Å². The summed E-state index contributed by atoms with van der Waals surface area (Å²) in [4.78, 5) is 13.7. The fourth-order valence-corrected chi connectivity index (χ4v) is 2.84. The van der Waals surface area contributed by atoms with Crippen LogP contribution < -0.4 is 11.1 Å². The smallest absolute Gasteiger partial charge is 0.255 e. The van der Waals surface area contributed by atoms with E-state index in [4.69, 9.17) is 5.73 Å². The van der Waals surface area contributed by atoms with Gasteiger partial charge in [-0.3, -0.25) is 4.79 Å². The molecule has 2 atom stereocenters. The Morgan fingerprint density at radius 2 is 2.19 bits per heavy atom. The van der Waals surface area contributed by atoms with Gasteiger partial charge in [0.15, 0.2) is 0 Å². The molecule has 5 heteroatoms. The van der Waals surface area contributed by atoms with Gasteiger partial charge in [0.1, 0.15) is 0 Å². The first-order valence-electron chi connectivity index (χ1n) is 7.50. The molecular weight excluding hydrogens is 266 g/mol. The van der Waals surface area contributed by atoms with E-state index in [-0.39, 0.29) is 12.0 Å². The number of amides is 1. The van der Waals surface area contributed by atoms with Crippen molar-refractivity contribution in [3.63, 3.8) is 0 Å². The molecule has 2 rings (SSSR count). The van der Waals surface area contributed by atoms with E-state index in [9.17, 15) is 9.90 Å². The second-order valence-corrected chi connectivity index (χ2v) is 6.07. The molecular formula is C16H25N3O2. The van der Waals surface area contributed by atoms with Crippen LogP contribution in [0.4, 0.5) is 11.4 Å². The third kappa shape index (κ3) is 4.11. The second kappa shape index (κ2) is 6.80. The number of carbonyl (C=O) groups excluding carboxylic acids is 1. The first-order chi connectivity index (χ1) is 9.97. The summed E-state index contributed by atoms with van der Waals surface area (Å²) >= 11 is 0. The van der Waals surface area contributed by atoms with Crippen LogP contribution in [0, 0.1) is 5.92 Å². The topological polar surface area (TPSA) is 78.6 Å². The van der Waals surface area contributed by atoms with Crippen LogP contribution in [-0.4, -0.2) is 42.7 Å². The molecule has 1 aromatic carbocycles. The van der Waals surface area contributed by atoms with Gasteiger partial charge in [0.05, 0.1) is 11.7 Å². The molecule has 0 saturated heterocycles. The predicted molar refractivity (Wildman–Crippen MR) is 85.3 cm³/mol. The lowest BCUT2D eigenvalue weighted by molar-refractivity contribution is 0.0828. The summed E-state index contributed by atoms with van der Waals surface area (Å²) in [5.41, 5.74) is 7.87. The second-order valence-electron chi connectivity index (χ2n) is 6.07. The molecule has 1 amide bonds. The Bertz CT molecular complexity index is 502. The fraction of sp³-hybridized carbons (Fsp3) is 0.562. The van der Waals surface area contributed by atoms with E-state index >= 15 is 0 Å². The molecule has 0 aliphatic heterocycles. The minimum Gasteiger partial charge on any atom is -0.399 e. The molecule has 1 aromatic rings. The van der Waals surface area contributed by atoms with Gasteiger partial charge in [-0.05, 0) is 43.4 Å². The number of nitrogens with zero attached hydrogens (tertiary/aromatic N) is 1. The van der Waals surface area contributed by atoms with Gasteiger partial charge in [0.25, 0.3) is 5.91 Å². The van der Waals surface area contributed by atoms with Crippen molar-refractivity contribution in [2.24, 2.45) is 5.92 Å². The number of nitrogen functional groups attached to an aromatic ring is 1. The van der Waals surface area contributed by atoms with Crippen LogP contribution in [0.1, 0.15) is 36.0 Å². The highest BCUT2D eigenvalue weighted by molar-refractivity contribution is 6.00. The van der Waals surface area contributed by atoms with E-state index in [0.717, 1.165) is 37.9 Å². The predicted octanol–water partition coefficient (Wildman–Crippen LogP) is 1.93. The zero-order chi connectivity index (χ0) is 15.4. The molecule has 4 N–H and O–H groups in total. The number of aliphatic hydroxyl groups excluding tert-OH is 1. The van der Waals surface area contributed by atoms with Crippen LogP contribution in [0.25, 0.3) is 0 Å². The lowest BCUT2D eigenvalue weighted by Gasteiger charge is -2.27. The molecule has 0 heterocycles. The van der Waals surface area contributed by atoms with Crippen LogP contribution in [0.3, 0.4) is 0 Å². The first kappa shape index (κ1) is 15.6. The van der Waals surface area contributed by atoms with Crippen molar-refractivity contribution < 1.29 is 9.90 Å². The number of hydrogen-bond donors (Lipinski definition) is 3. The van der Waals surface area contributed by atoms with Crippen molar-refractivity contribution >= 4 is 17.3 Å². The molecule has 1 aliphatic rings. The van der Waals surface area contributed by atoms with Gasteiger partial charge < -0.3 is 21.1 Å². The zero-order valence-electron chi connectivity index (χ0n) is 12.8. The average Bonchev–Trinajstić information content (AvgIpc) is 2.44. The van der Waals surface area contributed by atoms with Crippen molar-refractivity contribution in [3.8, 4) is 0 Å². The zero-order valence-corrected chi connectivity index (χ0v) is 12.8. The molecule has 1 aliphatic carbocycles. The Morgan fingerprint density at radius 1 is 1.43 bits per heavy atom. The minimum atomic E-state index is -0.186. The van der Waals surface area contributed by atoms with E-state index in [1.807, 2.05) is 0 Å². The highest BCUT2D eigenvalue weighted by Crippen LogP contribution is 2.26. The van der Waals surface area contributed by atoms with Crippen LogP contribution in [0.5, 0.6) is 0 Å². The molecule has 0 radical (unpaired) electrons. The maximum atomic E-state index is 12.2. The average molecular weight is 291 g/mol. The maximum absolute atomic E-state index is 12.2.